The fourth-order valence-electron chi connectivity index (χ4n) is 1.16. The van der Waals surface area contributed by atoms with Crippen LogP contribution in [-0.4, -0.2) is 5.91 Å². The lowest BCUT2D eigenvalue weighted by atomic mass is 10.1. The lowest BCUT2D eigenvalue weighted by Crippen LogP contribution is -2.24. The quantitative estimate of drug-likeness (QED) is 0.700. The molecule has 0 aliphatic carbocycles. The molecule has 0 aromatic heterocycles. The molecule has 0 aliphatic rings. The van der Waals surface area contributed by atoms with E-state index in [1.54, 1.807) is 6.08 Å². The van der Waals surface area contributed by atoms with Crippen molar-refractivity contribution < 1.29 is 4.79 Å². The summed E-state index contributed by atoms with van der Waals surface area (Å²) in [5.41, 5.74) is 1.05. The molecule has 1 aromatic carbocycles. The van der Waals surface area contributed by atoms with Gasteiger partial charge >= 0.3 is 0 Å². The van der Waals surface area contributed by atoms with Crippen LogP contribution >= 0.6 is 0 Å². The first-order chi connectivity index (χ1) is 6.24. The van der Waals surface area contributed by atoms with Gasteiger partial charge in [-0.25, -0.2) is 0 Å². The molecule has 0 bridgehead atoms. The largest absolute Gasteiger partial charge is 0.346 e. The van der Waals surface area contributed by atoms with Gasteiger partial charge in [-0.15, -0.1) is 6.58 Å². The number of hydrogen-bond acceptors (Lipinski definition) is 1. The van der Waals surface area contributed by atoms with E-state index in [0.29, 0.717) is 0 Å². The van der Waals surface area contributed by atoms with E-state index in [1.807, 2.05) is 30.3 Å². The number of nitrogens with one attached hydrogen (secondary N) is 1. The highest BCUT2D eigenvalue weighted by atomic mass is 16.1. The van der Waals surface area contributed by atoms with Crippen molar-refractivity contribution in [3.8, 4) is 0 Å². The van der Waals surface area contributed by atoms with Crippen molar-refractivity contribution in [3.63, 3.8) is 0 Å². The van der Waals surface area contributed by atoms with Gasteiger partial charge in [-0.05, 0) is 5.56 Å². The first kappa shape index (κ1) is 9.52. The average Bonchev–Trinajstić information content (AvgIpc) is 2.15. The van der Waals surface area contributed by atoms with Crippen LogP contribution in [0.5, 0.6) is 0 Å². The van der Waals surface area contributed by atoms with Crippen molar-refractivity contribution in [1.82, 2.24) is 5.32 Å². The van der Waals surface area contributed by atoms with Crippen LogP contribution in [0.1, 0.15) is 18.5 Å². The summed E-state index contributed by atoms with van der Waals surface area (Å²) in [7, 11) is 0. The number of amides is 1. The highest BCUT2D eigenvalue weighted by Crippen LogP contribution is 2.12. The van der Waals surface area contributed by atoms with E-state index in [-0.39, 0.29) is 11.9 Å². The van der Waals surface area contributed by atoms with Crippen molar-refractivity contribution >= 4 is 5.91 Å². The Morgan fingerprint density at radius 2 is 2.08 bits per heavy atom. The molecule has 0 saturated carbocycles. The summed E-state index contributed by atoms with van der Waals surface area (Å²) < 4.78 is 0. The number of carbonyl (C=O) groups is 1. The van der Waals surface area contributed by atoms with Gasteiger partial charge < -0.3 is 5.32 Å². The predicted octanol–water partition coefficient (Wildman–Crippen LogP) is 2.05. The van der Waals surface area contributed by atoms with Crippen molar-refractivity contribution in [1.29, 1.82) is 0 Å². The molecule has 1 amide bonds. The van der Waals surface area contributed by atoms with Crippen LogP contribution in [0, 0.1) is 0 Å². The van der Waals surface area contributed by atoms with E-state index in [9.17, 15) is 4.79 Å². The molecule has 0 heterocycles. The van der Waals surface area contributed by atoms with Gasteiger partial charge in [-0.3, -0.25) is 4.79 Å². The molecule has 0 radical (unpaired) electrons. The summed E-state index contributed by atoms with van der Waals surface area (Å²) >= 11 is 0. The summed E-state index contributed by atoms with van der Waals surface area (Å²) in [5.74, 6) is -0.0475. The van der Waals surface area contributed by atoms with Crippen LogP contribution in [0.4, 0.5) is 0 Å². The lowest BCUT2D eigenvalue weighted by molar-refractivity contribution is -0.119. The first-order valence-corrected chi connectivity index (χ1v) is 4.18. The zero-order valence-electron chi connectivity index (χ0n) is 7.66. The van der Waals surface area contributed by atoms with Crippen LogP contribution in [0.2, 0.25) is 0 Å². The molecule has 13 heavy (non-hydrogen) atoms. The van der Waals surface area contributed by atoms with Gasteiger partial charge in [0.05, 0.1) is 6.04 Å². The number of carbonyl (C=O) groups excluding carboxylic acids is 1. The summed E-state index contributed by atoms with van der Waals surface area (Å²) in [6.07, 6.45) is 1.72. The highest BCUT2D eigenvalue weighted by Gasteiger charge is 2.06. The number of benzene rings is 1. The van der Waals surface area contributed by atoms with Crippen molar-refractivity contribution in [2.45, 2.75) is 13.0 Å². The first-order valence-electron chi connectivity index (χ1n) is 4.18. The number of hydrogen-bond donors (Lipinski definition) is 1. The monoisotopic (exact) mass is 175 g/mol. The van der Waals surface area contributed by atoms with Gasteiger partial charge in [0.2, 0.25) is 5.91 Å². The zero-order chi connectivity index (χ0) is 9.68. The molecule has 2 nitrogen and oxygen atoms in total. The van der Waals surface area contributed by atoms with E-state index in [4.69, 9.17) is 0 Å². The second kappa shape index (κ2) is 4.45. The molecule has 68 valence electrons. The molecule has 0 spiro atoms. The fraction of sp³-hybridized carbons (Fsp3) is 0.182. The third-order valence-electron chi connectivity index (χ3n) is 1.75. The minimum absolute atomic E-state index is 0.0475. The molecule has 1 aromatic rings. The Kier molecular flexibility index (Phi) is 3.26. The van der Waals surface area contributed by atoms with Crippen molar-refractivity contribution in [2.75, 3.05) is 0 Å². The molecule has 0 fully saturated rings. The predicted molar refractivity (Wildman–Crippen MR) is 53.2 cm³/mol. The van der Waals surface area contributed by atoms with Gasteiger partial charge in [-0.1, -0.05) is 36.4 Å². The molecule has 0 unspecified atom stereocenters. The Hall–Kier alpha value is -1.57. The SMILES string of the molecule is C=C[C@@H](NC(C)=O)c1ccccc1. The Labute approximate surface area is 78.3 Å². The molecule has 1 rings (SSSR count). The summed E-state index contributed by atoms with van der Waals surface area (Å²) in [6, 6.07) is 9.65. The van der Waals surface area contributed by atoms with Gasteiger partial charge in [0.1, 0.15) is 0 Å². The summed E-state index contributed by atoms with van der Waals surface area (Å²) in [4.78, 5) is 10.8. The van der Waals surface area contributed by atoms with Gasteiger partial charge in [-0.2, -0.15) is 0 Å². The molecule has 2 heteroatoms. The Morgan fingerprint density at radius 1 is 1.46 bits per heavy atom. The van der Waals surface area contributed by atoms with E-state index < -0.39 is 0 Å². The van der Waals surface area contributed by atoms with Crippen molar-refractivity contribution in [2.24, 2.45) is 0 Å². The Bertz CT molecular complexity index is 292. The maximum atomic E-state index is 10.8. The normalized spacial score (nSPS) is 11.8. The molecule has 0 saturated heterocycles. The van der Waals surface area contributed by atoms with Gasteiger partial charge in [0.25, 0.3) is 0 Å². The van der Waals surface area contributed by atoms with E-state index in [2.05, 4.69) is 11.9 Å². The second-order valence-corrected chi connectivity index (χ2v) is 2.82. The third kappa shape index (κ3) is 2.75. The maximum Gasteiger partial charge on any atom is 0.217 e. The minimum atomic E-state index is -0.0845. The molecule has 1 N–H and O–H groups in total. The molecular formula is C11H13NO. The van der Waals surface area contributed by atoms with E-state index in [1.165, 1.54) is 6.92 Å². The van der Waals surface area contributed by atoms with Crippen LogP contribution < -0.4 is 5.32 Å². The Balaban J connectivity index is 2.78. The van der Waals surface area contributed by atoms with E-state index >= 15 is 0 Å². The van der Waals surface area contributed by atoms with Gasteiger partial charge in [0.15, 0.2) is 0 Å². The fourth-order valence-corrected chi connectivity index (χ4v) is 1.16. The van der Waals surface area contributed by atoms with Crippen molar-refractivity contribution in [3.05, 3.63) is 48.6 Å². The Morgan fingerprint density at radius 3 is 2.54 bits per heavy atom. The third-order valence-corrected chi connectivity index (χ3v) is 1.75. The minimum Gasteiger partial charge on any atom is -0.346 e. The second-order valence-electron chi connectivity index (χ2n) is 2.82. The average molecular weight is 175 g/mol. The maximum absolute atomic E-state index is 10.8. The standard InChI is InChI=1S/C11H13NO/c1-3-11(12-9(2)13)10-7-5-4-6-8-10/h3-8,11H,1H2,2H3,(H,12,13)/t11-/m1/s1. The molecular weight excluding hydrogens is 162 g/mol. The lowest BCUT2D eigenvalue weighted by Gasteiger charge is -2.13. The smallest absolute Gasteiger partial charge is 0.217 e. The zero-order valence-corrected chi connectivity index (χ0v) is 7.66. The summed E-state index contributed by atoms with van der Waals surface area (Å²) in [6.45, 7) is 5.18. The van der Waals surface area contributed by atoms with Crippen LogP contribution in [0.15, 0.2) is 43.0 Å². The van der Waals surface area contributed by atoms with Crippen LogP contribution in [0.25, 0.3) is 0 Å². The van der Waals surface area contributed by atoms with Crippen LogP contribution in [0.3, 0.4) is 0 Å². The summed E-state index contributed by atoms with van der Waals surface area (Å²) in [5, 5.41) is 2.79. The molecule has 0 aliphatic heterocycles. The number of rotatable bonds is 3. The molecule has 1 atom stereocenters. The topological polar surface area (TPSA) is 29.1 Å². The van der Waals surface area contributed by atoms with Gasteiger partial charge in [0, 0.05) is 6.92 Å². The van der Waals surface area contributed by atoms with Crippen LogP contribution in [-0.2, 0) is 4.79 Å². The highest BCUT2D eigenvalue weighted by molar-refractivity contribution is 5.73. The van der Waals surface area contributed by atoms with E-state index in [0.717, 1.165) is 5.56 Å².